The molecule has 0 aromatic carbocycles. The minimum Gasteiger partial charge on any atom is -0.392 e. The van der Waals surface area contributed by atoms with Crippen LogP contribution in [0.2, 0.25) is 0 Å². The van der Waals surface area contributed by atoms with Crippen molar-refractivity contribution in [3.05, 3.63) is 0 Å². The lowest BCUT2D eigenvalue weighted by Gasteiger charge is -2.34. The van der Waals surface area contributed by atoms with Crippen molar-refractivity contribution in [3.63, 3.8) is 0 Å². The minimum absolute atomic E-state index is 0.188. The van der Waals surface area contributed by atoms with Crippen LogP contribution in [0.15, 0.2) is 0 Å². The molecule has 0 aliphatic carbocycles. The Bertz CT molecular complexity index is 198. The molecular formula is C12H27N3O. The van der Waals surface area contributed by atoms with Gasteiger partial charge in [0.05, 0.1) is 6.10 Å². The fourth-order valence-corrected chi connectivity index (χ4v) is 1.76. The molecule has 2 N–H and O–H groups in total. The molecular weight excluding hydrogens is 202 g/mol. The highest BCUT2D eigenvalue weighted by molar-refractivity contribution is 4.83. The summed E-state index contributed by atoms with van der Waals surface area (Å²) in [5.74, 6) is 0. The Morgan fingerprint density at radius 2 is 1.81 bits per heavy atom. The number of aliphatic hydroxyl groups excluding tert-OH is 1. The van der Waals surface area contributed by atoms with Gasteiger partial charge in [-0.05, 0) is 27.8 Å². The highest BCUT2D eigenvalue weighted by Crippen LogP contribution is 2.07. The number of piperazine rings is 1. The van der Waals surface area contributed by atoms with Gasteiger partial charge >= 0.3 is 0 Å². The molecule has 96 valence electrons. The van der Waals surface area contributed by atoms with Crippen molar-refractivity contribution < 1.29 is 5.11 Å². The SMILES string of the molecule is CC(O)C(C)(C)NCCN1CCN(C)CC1. The highest BCUT2D eigenvalue weighted by Gasteiger charge is 2.23. The number of nitrogens with zero attached hydrogens (tertiary/aromatic N) is 2. The van der Waals surface area contributed by atoms with Crippen molar-refractivity contribution in [2.24, 2.45) is 0 Å². The van der Waals surface area contributed by atoms with E-state index < -0.39 is 0 Å². The zero-order chi connectivity index (χ0) is 12.2. The van der Waals surface area contributed by atoms with Crippen LogP contribution in [0.4, 0.5) is 0 Å². The third-order valence-corrected chi connectivity index (χ3v) is 3.65. The van der Waals surface area contributed by atoms with E-state index in [2.05, 4.69) is 22.2 Å². The first kappa shape index (κ1) is 13.9. The Morgan fingerprint density at radius 3 is 2.31 bits per heavy atom. The number of nitrogens with one attached hydrogen (secondary N) is 1. The number of hydrogen-bond donors (Lipinski definition) is 2. The van der Waals surface area contributed by atoms with Gasteiger partial charge in [-0.2, -0.15) is 0 Å². The molecule has 0 spiro atoms. The van der Waals surface area contributed by atoms with Crippen LogP contribution in [0.25, 0.3) is 0 Å². The largest absolute Gasteiger partial charge is 0.392 e. The lowest BCUT2D eigenvalue weighted by atomic mass is 9.99. The van der Waals surface area contributed by atoms with Crippen LogP contribution in [-0.2, 0) is 0 Å². The van der Waals surface area contributed by atoms with Crippen LogP contribution >= 0.6 is 0 Å². The van der Waals surface area contributed by atoms with Gasteiger partial charge in [-0.1, -0.05) is 0 Å². The normalized spacial score (nSPS) is 22.3. The van der Waals surface area contributed by atoms with E-state index in [1.54, 1.807) is 0 Å². The van der Waals surface area contributed by atoms with Crippen molar-refractivity contribution in [3.8, 4) is 0 Å². The molecule has 1 unspecified atom stereocenters. The van der Waals surface area contributed by atoms with Gasteiger partial charge in [-0.25, -0.2) is 0 Å². The molecule has 4 heteroatoms. The second kappa shape index (κ2) is 5.96. The summed E-state index contributed by atoms with van der Waals surface area (Å²) in [4.78, 5) is 4.84. The van der Waals surface area contributed by atoms with E-state index in [1.807, 2.05) is 20.8 Å². The zero-order valence-electron chi connectivity index (χ0n) is 11.2. The van der Waals surface area contributed by atoms with Crippen LogP contribution < -0.4 is 5.32 Å². The number of aliphatic hydroxyl groups is 1. The fourth-order valence-electron chi connectivity index (χ4n) is 1.76. The molecule has 1 heterocycles. The highest BCUT2D eigenvalue weighted by atomic mass is 16.3. The van der Waals surface area contributed by atoms with Crippen molar-refractivity contribution >= 4 is 0 Å². The van der Waals surface area contributed by atoms with Crippen LogP contribution in [0.1, 0.15) is 20.8 Å². The summed E-state index contributed by atoms with van der Waals surface area (Å²) >= 11 is 0. The predicted molar refractivity (Wildman–Crippen MR) is 67.7 cm³/mol. The number of rotatable bonds is 5. The van der Waals surface area contributed by atoms with Crippen LogP contribution in [0.3, 0.4) is 0 Å². The topological polar surface area (TPSA) is 38.7 Å². The molecule has 1 aliphatic rings. The molecule has 0 aromatic heterocycles. The maximum absolute atomic E-state index is 9.57. The van der Waals surface area contributed by atoms with Gasteiger partial charge in [0.15, 0.2) is 0 Å². The van der Waals surface area contributed by atoms with Crippen molar-refractivity contribution in [1.82, 2.24) is 15.1 Å². The molecule has 0 amide bonds. The van der Waals surface area contributed by atoms with Gasteiger partial charge in [0.2, 0.25) is 0 Å². The molecule has 1 rings (SSSR count). The third-order valence-electron chi connectivity index (χ3n) is 3.65. The second-order valence-corrected chi connectivity index (χ2v) is 5.47. The molecule has 0 bridgehead atoms. The van der Waals surface area contributed by atoms with Gasteiger partial charge in [0.1, 0.15) is 0 Å². The quantitative estimate of drug-likeness (QED) is 0.695. The van der Waals surface area contributed by atoms with E-state index in [9.17, 15) is 5.11 Å². The van der Waals surface area contributed by atoms with Crippen molar-refractivity contribution in [2.45, 2.75) is 32.4 Å². The molecule has 1 fully saturated rings. The van der Waals surface area contributed by atoms with E-state index in [1.165, 1.54) is 13.1 Å². The summed E-state index contributed by atoms with van der Waals surface area (Å²) in [6.45, 7) is 12.6. The molecule has 16 heavy (non-hydrogen) atoms. The van der Waals surface area contributed by atoms with Gasteiger partial charge in [-0.3, -0.25) is 4.90 Å². The first-order valence-corrected chi connectivity index (χ1v) is 6.26. The van der Waals surface area contributed by atoms with Gasteiger partial charge in [0, 0.05) is 44.8 Å². The lowest BCUT2D eigenvalue weighted by Crippen LogP contribution is -2.52. The molecule has 1 saturated heterocycles. The fraction of sp³-hybridized carbons (Fsp3) is 1.00. The van der Waals surface area contributed by atoms with Crippen LogP contribution in [-0.4, -0.2) is 72.9 Å². The molecule has 0 saturated carbocycles. The molecule has 4 nitrogen and oxygen atoms in total. The summed E-state index contributed by atoms with van der Waals surface area (Å²) in [6.07, 6.45) is -0.319. The second-order valence-electron chi connectivity index (χ2n) is 5.47. The summed E-state index contributed by atoms with van der Waals surface area (Å²) < 4.78 is 0. The van der Waals surface area contributed by atoms with E-state index >= 15 is 0 Å². The smallest absolute Gasteiger partial charge is 0.0688 e. The van der Waals surface area contributed by atoms with Crippen LogP contribution in [0.5, 0.6) is 0 Å². The summed E-state index contributed by atoms with van der Waals surface area (Å²) in [5, 5.41) is 13.0. The minimum atomic E-state index is -0.319. The maximum Gasteiger partial charge on any atom is 0.0688 e. The standard InChI is InChI=1S/C12H27N3O/c1-11(16)12(2,3)13-5-6-15-9-7-14(4)8-10-15/h11,13,16H,5-10H2,1-4H3. The average molecular weight is 229 g/mol. The summed E-state index contributed by atoms with van der Waals surface area (Å²) in [6, 6.07) is 0. The van der Waals surface area contributed by atoms with E-state index in [4.69, 9.17) is 0 Å². The monoisotopic (exact) mass is 229 g/mol. The van der Waals surface area contributed by atoms with Gasteiger partial charge in [-0.15, -0.1) is 0 Å². The third kappa shape index (κ3) is 4.37. The predicted octanol–water partition coefficient (Wildman–Crippen LogP) is -0.0172. The molecule has 0 radical (unpaired) electrons. The van der Waals surface area contributed by atoms with E-state index in [0.29, 0.717) is 0 Å². The Hall–Kier alpha value is -0.160. The molecule has 1 atom stereocenters. The zero-order valence-corrected chi connectivity index (χ0v) is 11.2. The summed E-state index contributed by atoms with van der Waals surface area (Å²) in [5.41, 5.74) is -0.188. The first-order valence-electron chi connectivity index (χ1n) is 6.26. The maximum atomic E-state index is 9.57. The lowest BCUT2D eigenvalue weighted by molar-refractivity contribution is 0.0907. The summed E-state index contributed by atoms with van der Waals surface area (Å²) in [7, 11) is 2.17. The van der Waals surface area contributed by atoms with E-state index in [0.717, 1.165) is 26.2 Å². The average Bonchev–Trinajstić information content (AvgIpc) is 2.20. The van der Waals surface area contributed by atoms with E-state index in [-0.39, 0.29) is 11.6 Å². The first-order chi connectivity index (χ1) is 7.42. The van der Waals surface area contributed by atoms with Crippen LogP contribution in [0, 0.1) is 0 Å². The Balaban J connectivity index is 2.16. The molecule has 0 aromatic rings. The Morgan fingerprint density at radius 1 is 1.25 bits per heavy atom. The van der Waals surface area contributed by atoms with Gasteiger partial charge < -0.3 is 15.3 Å². The van der Waals surface area contributed by atoms with Gasteiger partial charge in [0.25, 0.3) is 0 Å². The Labute approximate surface area is 99.6 Å². The van der Waals surface area contributed by atoms with Crippen molar-refractivity contribution in [2.75, 3.05) is 46.3 Å². The number of likely N-dealkylation sites (N-methyl/N-ethyl adjacent to an activating group) is 1. The molecule has 1 aliphatic heterocycles. The van der Waals surface area contributed by atoms with Crippen molar-refractivity contribution in [1.29, 1.82) is 0 Å². The Kier molecular flexibility index (Phi) is 5.18. The number of hydrogen-bond acceptors (Lipinski definition) is 4.